The molecule has 14 heavy (non-hydrogen) atoms. The predicted octanol–water partition coefficient (Wildman–Crippen LogP) is 1.80. The van der Waals surface area contributed by atoms with E-state index in [2.05, 4.69) is 11.9 Å². The molecule has 0 saturated heterocycles. The maximum Gasteiger partial charge on any atom is 0.185 e. The van der Waals surface area contributed by atoms with E-state index >= 15 is 0 Å². The number of aromatic nitrogens is 1. The fourth-order valence-corrected chi connectivity index (χ4v) is 2.19. The monoisotopic (exact) mass is 213 g/mol. The summed E-state index contributed by atoms with van der Waals surface area (Å²) in [6.45, 7) is 4.11. The van der Waals surface area contributed by atoms with Crippen molar-refractivity contribution >= 4 is 16.5 Å². The molecule has 0 aliphatic rings. The summed E-state index contributed by atoms with van der Waals surface area (Å²) in [5, 5.41) is 1.09. The molecule has 80 valence electrons. The van der Waals surface area contributed by atoms with E-state index in [1.54, 1.807) is 11.3 Å². The molecule has 0 saturated carbocycles. The summed E-state index contributed by atoms with van der Waals surface area (Å²) >= 11 is 1.77. The molecule has 0 bridgehead atoms. The fourth-order valence-electron chi connectivity index (χ4n) is 1.19. The molecule has 0 radical (unpaired) electrons. The first-order valence-electron chi connectivity index (χ1n) is 4.90. The third kappa shape index (κ3) is 2.96. The van der Waals surface area contributed by atoms with Gasteiger partial charge in [0.05, 0.1) is 5.69 Å². The molecule has 2 N–H and O–H groups in total. The van der Waals surface area contributed by atoms with E-state index in [-0.39, 0.29) is 6.04 Å². The van der Waals surface area contributed by atoms with Crippen LogP contribution >= 0.6 is 11.3 Å². The normalized spacial score (nSPS) is 12.9. The Morgan fingerprint density at radius 2 is 2.14 bits per heavy atom. The lowest BCUT2D eigenvalue weighted by molar-refractivity contribution is 0.668. The largest absolute Gasteiger partial charge is 0.354 e. The predicted molar refractivity (Wildman–Crippen MR) is 63.1 cm³/mol. The zero-order chi connectivity index (χ0) is 10.7. The average molecular weight is 213 g/mol. The van der Waals surface area contributed by atoms with Crippen molar-refractivity contribution < 1.29 is 0 Å². The van der Waals surface area contributed by atoms with Crippen molar-refractivity contribution in [3.8, 4) is 0 Å². The van der Waals surface area contributed by atoms with Crippen LogP contribution in [0.15, 0.2) is 0 Å². The smallest absolute Gasteiger partial charge is 0.185 e. The van der Waals surface area contributed by atoms with Gasteiger partial charge in [0, 0.05) is 25.0 Å². The summed E-state index contributed by atoms with van der Waals surface area (Å²) in [5.41, 5.74) is 6.88. The first-order valence-corrected chi connectivity index (χ1v) is 5.71. The lowest BCUT2D eigenvalue weighted by Crippen LogP contribution is -2.15. The average Bonchev–Trinajstić information content (AvgIpc) is 2.43. The van der Waals surface area contributed by atoms with Gasteiger partial charge >= 0.3 is 0 Å². The Morgan fingerprint density at radius 1 is 1.50 bits per heavy atom. The summed E-state index contributed by atoms with van der Waals surface area (Å²) in [6, 6.07) is 0.277. The van der Waals surface area contributed by atoms with Crippen LogP contribution in [0, 0.1) is 6.92 Å². The highest BCUT2D eigenvalue weighted by molar-refractivity contribution is 7.15. The summed E-state index contributed by atoms with van der Waals surface area (Å²) in [7, 11) is 4.04. The van der Waals surface area contributed by atoms with Crippen molar-refractivity contribution in [1.29, 1.82) is 0 Å². The third-order valence-corrected chi connectivity index (χ3v) is 3.48. The maximum absolute atomic E-state index is 5.73. The van der Waals surface area contributed by atoms with Gasteiger partial charge in [-0.25, -0.2) is 4.98 Å². The zero-order valence-corrected chi connectivity index (χ0v) is 10.2. The van der Waals surface area contributed by atoms with E-state index in [1.807, 2.05) is 25.9 Å². The van der Waals surface area contributed by atoms with Gasteiger partial charge in [0.25, 0.3) is 0 Å². The number of rotatable bonds is 4. The minimum absolute atomic E-state index is 0.277. The van der Waals surface area contributed by atoms with Gasteiger partial charge in [-0.15, -0.1) is 11.3 Å². The molecule has 0 spiro atoms. The Bertz CT molecular complexity index is 292. The molecule has 0 fully saturated rings. The topological polar surface area (TPSA) is 42.2 Å². The van der Waals surface area contributed by atoms with Crippen molar-refractivity contribution in [1.82, 2.24) is 4.98 Å². The molecule has 3 nitrogen and oxygen atoms in total. The van der Waals surface area contributed by atoms with Crippen LogP contribution in [0.2, 0.25) is 0 Å². The minimum Gasteiger partial charge on any atom is -0.354 e. The number of aryl methyl sites for hydroxylation is 2. The summed E-state index contributed by atoms with van der Waals surface area (Å²) in [5.74, 6) is 0. The molecule has 1 heterocycles. The van der Waals surface area contributed by atoms with Crippen LogP contribution in [-0.4, -0.2) is 25.1 Å². The van der Waals surface area contributed by atoms with E-state index in [9.17, 15) is 0 Å². The lowest BCUT2D eigenvalue weighted by atomic mass is 10.1. The second-order valence-electron chi connectivity index (χ2n) is 3.92. The molecule has 1 aromatic heterocycles. The molecule has 0 aromatic carbocycles. The van der Waals surface area contributed by atoms with Crippen LogP contribution < -0.4 is 10.6 Å². The zero-order valence-electron chi connectivity index (χ0n) is 9.37. The van der Waals surface area contributed by atoms with Crippen LogP contribution in [0.5, 0.6) is 0 Å². The van der Waals surface area contributed by atoms with Gasteiger partial charge < -0.3 is 10.6 Å². The highest BCUT2D eigenvalue weighted by atomic mass is 32.1. The molecule has 4 heteroatoms. The SMILES string of the molecule is Cc1nc(N(C)C)sc1CC[C@H](C)N. The number of thiazole rings is 1. The molecule has 0 aliphatic carbocycles. The third-order valence-electron chi connectivity index (χ3n) is 2.09. The molecular weight excluding hydrogens is 194 g/mol. The van der Waals surface area contributed by atoms with Gasteiger partial charge in [0.15, 0.2) is 5.13 Å². The lowest BCUT2D eigenvalue weighted by Gasteiger charge is -2.05. The van der Waals surface area contributed by atoms with E-state index < -0.39 is 0 Å². The van der Waals surface area contributed by atoms with Crippen molar-refractivity contribution in [3.63, 3.8) is 0 Å². The van der Waals surface area contributed by atoms with Gasteiger partial charge in [0.1, 0.15) is 0 Å². The van der Waals surface area contributed by atoms with Crippen molar-refractivity contribution in [2.75, 3.05) is 19.0 Å². The molecule has 0 unspecified atom stereocenters. The first kappa shape index (κ1) is 11.5. The quantitative estimate of drug-likeness (QED) is 0.829. The summed E-state index contributed by atoms with van der Waals surface area (Å²) < 4.78 is 0. The van der Waals surface area contributed by atoms with Gasteiger partial charge in [0.2, 0.25) is 0 Å². The number of nitrogens with zero attached hydrogens (tertiary/aromatic N) is 2. The molecule has 0 amide bonds. The van der Waals surface area contributed by atoms with Crippen LogP contribution in [0.1, 0.15) is 23.9 Å². The number of hydrogen-bond donors (Lipinski definition) is 1. The second-order valence-corrected chi connectivity index (χ2v) is 4.98. The Balaban J connectivity index is 2.67. The number of nitrogens with two attached hydrogens (primary N) is 1. The van der Waals surface area contributed by atoms with Crippen LogP contribution in [0.3, 0.4) is 0 Å². The molecular formula is C10H19N3S. The van der Waals surface area contributed by atoms with E-state index in [0.29, 0.717) is 0 Å². The minimum atomic E-state index is 0.277. The second kappa shape index (κ2) is 4.75. The molecule has 1 rings (SSSR count). The first-order chi connectivity index (χ1) is 6.50. The van der Waals surface area contributed by atoms with Gasteiger partial charge in [-0.2, -0.15) is 0 Å². The van der Waals surface area contributed by atoms with Gasteiger partial charge in [-0.05, 0) is 26.7 Å². The Labute approximate surface area is 89.9 Å². The van der Waals surface area contributed by atoms with E-state index in [0.717, 1.165) is 23.7 Å². The number of anilines is 1. The highest BCUT2D eigenvalue weighted by Gasteiger charge is 2.09. The van der Waals surface area contributed by atoms with Crippen molar-refractivity contribution in [2.24, 2.45) is 5.73 Å². The molecule has 1 atom stereocenters. The van der Waals surface area contributed by atoms with Crippen molar-refractivity contribution in [2.45, 2.75) is 32.7 Å². The Kier molecular flexibility index (Phi) is 3.89. The Hall–Kier alpha value is -0.610. The Morgan fingerprint density at radius 3 is 2.57 bits per heavy atom. The van der Waals surface area contributed by atoms with E-state index in [4.69, 9.17) is 5.73 Å². The highest BCUT2D eigenvalue weighted by Crippen LogP contribution is 2.25. The van der Waals surface area contributed by atoms with Crippen molar-refractivity contribution in [3.05, 3.63) is 10.6 Å². The summed E-state index contributed by atoms with van der Waals surface area (Å²) in [6.07, 6.45) is 2.09. The fraction of sp³-hybridized carbons (Fsp3) is 0.700. The van der Waals surface area contributed by atoms with Crippen LogP contribution in [0.4, 0.5) is 5.13 Å². The van der Waals surface area contributed by atoms with E-state index in [1.165, 1.54) is 4.88 Å². The molecule has 0 aliphatic heterocycles. The van der Waals surface area contributed by atoms with Crippen LogP contribution in [0.25, 0.3) is 0 Å². The standard InChI is InChI=1S/C10H19N3S/c1-7(11)5-6-9-8(2)12-10(14-9)13(3)4/h7H,5-6,11H2,1-4H3/t7-/m0/s1. The molecule has 1 aromatic rings. The maximum atomic E-state index is 5.73. The van der Waals surface area contributed by atoms with Crippen LogP contribution in [-0.2, 0) is 6.42 Å². The number of hydrogen-bond acceptors (Lipinski definition) is 4. The van der Waals surface area contributed by atoms with Gasteiger partial charge in [-0.1, -0.05) is 0 Å². The van der Waals surface area contributed by atoms with Gasteiger partial charge in [-0.3, -0.25) is 0 Å². The summed E-state index contributed by atoms with van der Waals surface area (Å²) in [4.78, 5) is 7.91.